The Bertz CT molecular complexity index is 864. The summed E-state index contributed by atoms with van der Waals surface area (Å²) in [7, 11) is 0. The van der Waals surface area contributed by atoms with Crippen molar-refractivity contribution in [1.29, 1.82) is 0 Å². The molecule has 1 aromatic carbocycles. The highest BCUT2D eigenvalue weighted by molar-refractivity contribution is 6.07. The average Bonchev–Trinajstić information content (AvgIpc) is 3.45. The van der Waals surface area contributed by atoms with Gasteiger partial charge in [-0.3, -0.25) is 9.78 Å². The number of carboxylic acid groups (broad SMARTS) is 1. The summed E-state index contributed by atoms with van der Waals surface area (Å²) in [5.41, 5.74) is 1.49. The second-order valence-corrected chi connectivity index (χ2v) is 6.22. The van der Waals surface area contributed by atoms with Crippen LogP contribution < -0.4 is 5.32 Å². The van der Waals surface area contributed by atoms with Crippen molar-refractivity contribution in [2.24, 2.45) is 0 Å². The molecule has 0 bridgehead atoms. The second-order valence-electron chi connectivity index (χ2n) is 6.22. The van der Waals surface area contributed by atoms with Gasteiger partial charge >= 0.3 is 5.97 Å². The summed E-state index contributed by atoms with van der Waals surface area (Å²) in [5.74, 6) is -2.01. The number of benzene rings is 1. The monoisotopic (exact) mass is 358 g/mol. The molecular weight excluding hydrogens is 339 g/mol. The number of halogens is 1. The van der Waals surface area contributed by atoms with Gasteiger partial charge in [-0.2, -0.15) is 0 Å². The molecule has 1 heterocycles. The lowest BCUT2D eigenvalue weighted by Gasteiger charge is -2.16. The zero-order valence-electron chi connectivity index (χ0n) is 14.1. The maximum Gasteiger partial charge on any atom is 0.328 e. The molecule has 136 valence electrons. The molecule has 6 nitrogen and oxygen atoms in total. The van der Waals surface area contributed by atoms with E-state index in [0.29, 0.717) is 16.8 Å². The fourth-order valence-electron chi connectivity index (χ4n) is 2.67. The minimum absolute atomic E-state index is 0.175. The van der Waals surface area contributed by atoms with E-state index >= 15 is 0 Å². The molecule has 7 heteroatoms. The first-order valence-corrected chi connectivity index (χ1v) is 8.32. The second kappa shape index (κ2) is 7.61. The van der Waals surface area contributed by atoms with Crippen molar-refractivity contribution in [1.82, 2.24) is 10.3 Å². The fraction of sp³-hybridized carbons (Fsp3) is 0.316. The van der Waals surface area contributed by atoms with Crippen molar-refractivity contribution in [2.75, 3.05) is 13.2 Å². The van der Waals surface area contributed by atoms with Gasteiger partial charge in [0.15, 0.2) is 6.04 Å². The van der Waals surface area contributed by atoms with Crippen LogP contribution in [-0.4, -0.2) is 41.2 Å². The number of carboxylic acids is 1. The van der Waals surface area contributed by atoms with Crippen LogP contribution >= 0.6 is 0 Å². The number of carbonyl (C=O) groups excluding carboxylic acids is 1. The number of rotatable bonds is 8. The number of amides is 1. The molecule has 2 N–H and O–H groups in total. The first-order chi connectivity index (χ1) is 12.5. The van der Waals surface area contributed by atoms with Gasteiger partial charge in [-0.15, -0.1) is 6.58 Å². The lowest BCUT2D eigenvalue weighted by atomic mass is 10.0. The zero-order chi connectivity index (χ0) is 18.7. The van der Waals surface area contributed by atoms with Crippen LogP contribution in [0.1, 0.15) is 34.8 Å². The Balaban J connectivity index is 1.91. The highest BCUT2D eigenvalue weighted by atomic mass is 19.1. The Labute approximate surface area is 149 Å². The molecule has 1 aromatic heterocycles. The molecule has 26 heavy (non-hydrogen) atoms. The molecular formula is C19H19FN2O4. The van der Waals surface area contributed by atoms with Gasteiger partial charge < -0.3 is 15.2 Å². The minimum Gasteiger partial charge on any atom is -0.480 e. The van der Waals surface area contributed by atoms with Gasteiger partial charge in [-0.05, 0) is 37.1 Å². The highest BCUT2D eigenvalue weighted by Crippen LogP contribution is 2.40. The molecule has 1 unspecified atom stereocenters. The number of fused-ring (bicyclic) bond motifs is 1. The van der Waals surface area contributed by atoms with E-state index in [1.165, 1.54) is 24.3 Å². The van der Waals surface area contributed by atoms with Crippen LogP contribution in [0.5, 0.6) is 0 Å². The number of pyridine rings is 1. The van der Waals surface area contributed by atoms with Crippen LogP contribution in [0.2, 0.25) is 0 Å². The molecule has 0 spiro atoms. The fourth-order valence-corrected chi connectivity index (χ4v) is 2.67. The van der Waals surface area contributed by atoms with Gasteiger partial charge in [-0.25, -0.2) is 9.18 Å². The van der Waals surface area contributed by atoms with Crippen LogP contribution in [0.4, 0.5) is 4.39 Å². The quantitative estimate of drug-likeness (QED) is 0.559. The third kappa shape index (κ3) is 4.05. The number of nitrogens with one attached hydrogen (secondary N) is 1. The Morgan fingerprint density at radius 1 is 1.42 bits per heavy atom. The Morgan fingerprint density at radius 3 is 2.85 bits per heavy atom. The molecule has 1 aliphatic carbocycles. The lowest BCUT2D eigenvalue weighted by Crippen LogP contribution is -2.44. The Morgan fingerprint density at radius 2 is 2.19 bits per heavy atom. The Kier molecular flexibility index (Phi) is 5.27. The molecule has 1 amide bonds. The van der Waals surface area contributed by atoms with E-state index in [-0.39, 0.29) is 18.8 Å². The van der Waals surface area contributed by atoms with E-state index < -0.39 is 23.7 Å². The first-order valence-electron chi connectivity index (χ1n) is 8.32. The predicted molar refractivity (Wildman–Crippen MR) is 93.6 cm³/mol. The van der Waals surface area contributed by atoms with Crippen LogP contribution in [0.3, 0.4) is 0 Å². The van der Waals surface area contributed by atoms with Gasteiger partial charge in [0.25, 0.3) is 5.91 Å². The van der Waals surface area contributed by atoms with E-state index in [9.17, 15) is 19.1 Å². The van der Waals surface area contributed by atoms with E-state index in [0.717, 1.165) is 18.5 Å². The zero-order valence-corrected chi connectivity index (χ0v) is 14.1. The number of hydrogen-bond donors (Lipinski definition) is 2. The van der Waals surface area contributed by atoms with E-state index in [4.69, 9.17) is 4.74 Å². The molecule has 1 aliphatic rings. The molecule has 0 radical (unpaired) electrons. The molecule has 1 saturated carbocycles. The van der Waals surface area contributed by atoms with Gasteiger partial charge in [0.1, 0.15) is 5.82 Å². The largest absolute Gasteiger partial charge is 0.480 e. The van der Waals surface area contributed by atoms with Crippen molar-refractivity contribution in [3.63, 3.8) is 0 Å². The SMILES string of the molecule is C=CCOCC(NC(=O)c1cc(C2CC2)nc2ccc(F)cc12)C(=O)O. The van der Waals surface area contributed by atoms with E-state index in [1.807, 2.05) is 0 Å². The number of nitrogens with zero attached hydrogens (tertiary/aromatic N) is 1. The molecule has 1 atom stereocenters. The normalized spacial score (nSPS) is 14.8. The van der Waals surface area contributed by atoms with Crippen molar-refractivity contribution in [2.45, 2.75) is 24.8 Å². The van der Waals surface area contributed by atoms with Crippen LogP contribution in [0.15, 0.2) is 36.9 Å². The van der Waals surface area contributed by atoms with Gasteiger partial charge in [-0.1, -0.05) is 6.08 Å². The van der Waals surface area contributed by atoms with Crippen molar-refractivity contribution >= 4 is 22.8 Å². The first kappa shape index (κ1) is 18.0. The maximum atomic E-state index is 13.7. The van der Waals surface area contributed by atoms with Gasteiger partial charge in [0.05, 0.1) is 24.3 Å². The summed E-state index contributed by atoms with van der Waals surface area (Å²) < 4.78 is 18.8. The topological polar surface area (TPSA) is 88.5 Å². The number of hydrogen-bond acceptors (Lipinski definition) is 4. The average molecular weight is 358 g/mol. The summed E-state index contributed by atoms with van der Waals surface area (Å²) >= 11 is 0. The van der Waals surface area contributed by atoms with E-state index in [2.05, 4.69) is 16.9 Å². The molecule has 3 rings (SSSR count). The van der Waals surface area contributed by atoms with Crippen LogP contribution in [0.25, 0.3) is 10.9 Å². The third-order valence-electron chi connectivity index (χ3n) is 4.15. The lowest BCUT2D eigenvalue weighted by molar-refractivity contribution is -0.140. The number of aromatic nitrogens is 1. The van der Waals surface area contributed by atoms with Crippen molar-refractivity contribution < 1.29 is 23.8 Å². The van der Waals surface area contributed by atoms with Gasteiger partial charge in [0.2, 0.25) is 0 Å². The standard InChI is InChI=1S/C19H19FN2O4/c1-2-7-26-10-17(19(24)25)22-18(23)14-9-16(11-3-4-11)21-15-6-5-12(20)8-13(14)15/h2,5-6,8-9,11,17H,1,3-4,7,10H2,(H,22,23)(H,24,25). The molecule has 1 fully saturated rings. The van der Waals surface area contributed by atoms with Crippen molar-refractivity contribution in [3.8, 4) is 0 Å². The van der Waals surface area contributed by atoms with E-state index in [1.54, 1.807) is 6.07 Å². The van der Waals surface area contributed by atoms with Crippen molar-refractivity contribution in [3.05, 3.63) is 54.0 Å². The number of ether oxygens (including phenoxy) is 1. The van der Waals surface area contributed by atoms with Crippen LogP contribution in [0, 0.1) is 5.82 Å². The molecule has 0 aliphatic heterocycles. The number of aliphatic carboxylic acids is 1. The summed E-state index contributed by atoms with van der Waals surface area (Å²) in [5, 5.41) is 12.1. The third-order valence-corrected chi connectivity index (χ3v) is 4.15. The summed E-state index contributed by atoms with van der Waals surface area (Å²) in [6.45, 7) is 3.46. The maximum absolute atomic E-state index is 13.7. The summed E-state index contributed by atoms with van der Waals surface area (Å²) in [6, 6.07) is 4.45. The smallest absolute Gasteiger partial charge is 0.328 e. The Hall–Kier alpha value is -2.80. The highest BCUT2D eigenvalue weighted by Gasteiger charge is 2.28. The number of carbonyl (C=O) groups is 2. The minimum atomic E-state index is -1.22. The summed E-state index contributed by atoms with van der Waals surface area (Å²) in [4.78, 5) is 28.6. The summed E-state index contributed by atoms with van der Waals surface area (Å²) in [6.07, 6.45) is 3.48. The van der Waals surface area contributed by atoms with Gasteiger partial charge in [0, 0.05) is 17.0 Å². The molecule has 0 saturated heterocycles. The van der Waals surface area contributed by atoms with Crippen LogP contribution in [-0.2, 0) is 9.53 Å². The predicted octanol–water partition coefficient (Wildman–Crippen LogP) is 2.64. The molecule has 2 aromatic rings.